The van der Waals surface area contributed by atoms with Crippen molar-refractivity contribution in [3.63, 3.8) is 0 Å². The second-order valence-corrected chi connectivity index (χ2v) is 8.12. The summed E-state index contributed by atoms with van der Waals surface area (Å²) >= 11 is 11.9. The SMILES string of the molecule is CS(=O)(=O)c1ccc(-c2coc(=O)n2-c2cc(Cl)cc(Cl)c2)cc1F. The number of hydrogen-bond donors (Lipinski definition) is 0. The molecule has 0 aliphatic carbocycles. The molecule has 130 valence electrons. The molecule has 1 heterocycles. The molecule has 2 aromatic carbocycles. The molecule has 0 aliphatic rings. The largest absolute Gasteiger partial charge is 0.424 e. The van der Waals surface area contributed by atoms with E-state index in [1.165, 1.54) is 24.3 Å². The highest BCUT2D eigenvalue weighted by molar-refractivity contribution is 7.90. The predicted molar refractivity (Wildman–Crippen MR) is 92.8 cm³/mol. The highest BCUT2D eigenvalue weighted by Gasteiger charge is 2.18. The van der Waals surface area contributed by atoms with Crippen molar-refractivity contribution >= 4 is 33.0 Å². The lowest BCUT2D eigenvalue weighted by Gasteiger charge is -2.09. The van der Waals surface area contributed by atoms with E-state index in [0.717, 1.165) is 29.2 Å². The lowest BCUT2D eigenvalue weighted by Crippen LogP contribution is -2.13. The first kappa shape index (κ1) is 17.7. The van der Waals surface area contributed by atoms with E-state index in [4.69, 9.17) is 27.6 Å². The highest BCUT2D eigenvalue weighted by atomic mass is 35.5. The van der Waals surface area contributed by atoms with E-state index < -0.39 is 26.3 Å². The number of hydrogen-bond acceptors (Lipinski definition) is 4. The van der Waals surface area contributed by atoms with E-state index in [1.54, 1.807) is 0 Å². The van der Waals surface area contributed by atoms with Gasteiger partial charge >= 0.3 is 5.76 Å². The van der Waals surface area contributed by atoms with Gasteiger partial charge in [0.15, 0.2) is 9.84 Å². The normalized spacial score (nSPS) is 11.7. The summed E-state index contributed by atoms with van der Waals surface area (Å²) in [7, 11) is -3.70. The van der Waals surface area contributed by atoms with Gasteiger partial charge in [-0.15, -0.1) is 0 Å². The van der Waals surface area contributed by atoms with Crippen LogP contribution >= 0.6 is 23.2 Å². The molecular formula is C16H10Cl2FNO4S. The van der Waals surface area contributed by atoms with E-state index >= 15 is 0 Å². The van der Waals surface area contributed by atoms with Crippen LogP contribution in [0.2, 0.25) is 10.0 Å². The Morgan fingerprint density at radius 1 is 1.08 bits per heavy atom. The van der Waals surface area contributed by atoms with E-state index in [9.17, 15) is 17.6 Å². The lowest BCUT2D eigenvalue weighted by atomic mass is 10.1. The second kappa shape index (κ2) is 6.33. The van der Waals surface area contributed by atoms with Gasteiger partial charge in [0.25, 0.3) is 0 Å². The van der Waals surface area contributed by atoms with Gasteiger partial charge in [-0.2, -0.15) is 0 Å². The van der Waals surface area contributed by atoms with Crippen molar-refractivity contribution in [2.45, 2.75) is 4.90 Å². The van der Waals surface area contributed by atoms with Crippen LogP contribution in [0, 0.1) is 5.82 Å². The molecule has 0 N–H and O–H groups in total. The van der Waals surface area contributed by atoms with Crippen molar-refractivity contribution < 1.29 is 17.2 Å². The lowest BCUT2D eigenvalue weighted by molar-refractivity contribution is 0.504. The average molecular weight is 402 g/mol. The first-order valence-corrected chi connectivity index (χ1v) is 9.48. The topological polar surface area (TPSA) is 69.3 Å². The summed E-state index contributed by atoms with van der Waals surface area (Å²) < 4.78 is 43.3. The highest BCUT2D eigenvalue weighted by Crippen LogP contribution is 2.28. The molecule has 0 unspecified atom stereocenters. The first-order valence-electron chi connectivity index (χ1n) is 6.84. The van der Waals surface area contributed by atoms with Crippen LogP contribution < -0.4 is 5.76 Å². The van der Waals surface area contributed by atoms with Crippen LogP contribution in [0.5, 0.6) is 0 Å². The summed E-state index contributed by atoms with van der Waals surface area (Å²) in [5, 5.41) is 0.611. The smallest absolute Gasteiger partial charge is 0.415 e. The van der Waals surface area contributed by atoms with Crippen molar-refractivity contribution in [1.82, 2.24) is 4.57 Å². The third-order valence-corrected chi connectivity index (χ3v) is 4.99. The number of halogens is 3. The van der Waals surface area contributed by atoms with Crippen LogP contribution in [-0.2, 0) is 9.84 Å². The Balaban J connectivity index is 2.21. The zero-order valence-corrected chi connectivity index (χ0v) is 15.0. The summed E-state index contributed by atoms with van der Waals surface area (Å²) in [5.41, 5.74) is 0.813. The predicted octanol–water partition coefficient (Wildman–Crippen LogP) is 3.95. The van der Waals surface area contributed by atoms with E-state index in [0.29, 0.717) is 15.7 Å². The molecule has 0 fully saturated rings. The number of sulfone groups is 1. The standard InChI is InChI=1S/C16H10Cl2FNO4S/c1-25(22,23)15-3-2-9(4-13(15)19)14-8-24-16(21)20(14)12-6-10(17)5-11(18)7-12/h2-8H,1H3. The Morgan fingerprint density at radius 2 is 1.72 bits per heavy atom. The van der Waals surface area contributed by atoms with Crippen LogP contribution in [0.3, 0.4) is 0 Å². The fourth-order valence-corrected chi connectivity index (χ4v) is 3.62. The van der Waals surface area contributed by atoms with Crippen molar-refractivity contribution in [1.29, 1.82) is 0 Å². The van der Waals surface area contributed by atoms with Gasteiger partial charge in [-0.25, -0.2) is 22.2 Å². The van der Waals surface area contributed by atoms with E-state index in [2.05, 4.69) is 0 Å². The Morgan fingerprint density at radius 3 is 2.28 bits per heavy atom. The molecule has 0 atom stereocenters. The molecular weight excluding hydrogens is 392 g/mol. The molecule has 0 saturated heterocycles. The molecule has 25 heavy (non-hydrogen) atoms. The third-order valence-electron chi connectivity index (χ3n) is 3.43. The number of aromatic nitrogens is 1. The Labute approximate surface area is 152 Å². The quantitative estimate of drug-likeness (QED) is 0.666. The first-order chi connectivity index (χ1) is 11.7. The van der Waals surface area contributed by atoms with Gasteiger partial charge in [-0.3, -0.25) is 0 Å². The van der Waals surface area contributed by atoms with Crippen LogP contribution in [0.15, 0.2) is 56.8 Å². The number of rotatable bonds is 3. The molecule has 5 nitrogen and oxygen atoms in total. The summed E-state index contributed by atoms with van der Waals surface area (Å²) in [5.74, 6) is -1.65. The van der Waals surface area contributed by atoms with Crippen molar-refractivity contribution in [3.05, 3.63) is 69.1 Å². The summed E-state index contributed by atoms with van der Waals surface area (Å²) in [6, 6.07) is 8.02. The van der Waals surface area contributed by atoms with Crippen LogP contribution in [0.1, 0.15) is 0 Å². The Kier molecular flexibility index (Phi) is 4.49. The maximum Gasteiger partial charge on any atom is 0.424 e. The van der Waals surface area contributed by atoms with Crippen molar-refractivity contribution in [2.24, 2.45) is 0 Å². The maximum atomic E-state index is 14.2. The van der Waals surface area contributed by atoms with Crippen LogP contribution in [0.4, 0.5) is 4.39 Å². The summed E-state index contributed by atoms with van der Waals surface area (Å²) in [6.07, 6.45) is 2.05. The van der Waals surface area contributed by atoms with Gasteiger partial charge in [-0.1, -0.05) is 29.3 Å². The molecule has 0 bridgehead atoms. The van der Waals surface area contributed by atoms with Crippen LogP contribution in [0.25, 0.3) is 16.9 Å². The molecule has 0 spiro atoms. The summed E-state index contributed by atoms with van der Waals surface area (Å²) in [4.78, 5) is 11.6. The fourth-order valence-electron chi connectivity index (χ4n) is 2.38. The monoisotopic (exact) mass is 401 g/mol. The molecule has 9 heteroatoms. The minimum absolute atomic E-state index is 0.224. The molecule has 1 aromatic heterocycles. The Hall–Kier alpha value is -2.09. The Bertz CT molecular complexity index is 1120. The maximum absolute atomic E-state index is 14.2. The van der Waals surface area contributed by atoms with Gasteiger partial charge in [-0.05, 0) is 30.3 Å². The molecule has 0 radical (unpaired) electrons. The zero-order valence-electron chi connectivity index (χ0n) is 12.7. The molecule has 0 saturated carbocycles. The van der Waals surface area contributed by atoms with Gasteiger partial charge in [0.1, 0.15) is 17.0 Å². The summed E-state index contributed by atoms with van der Waals surface area (Å²) in [6.45, 7) is 0. The molecule has 3 aromatic rings. The van der Waals surface area contributed by atoms with E-state index in [1.807, 2.05) is 0 Å². The average Bonchev–Trinajstić information content (AvgIpc) is 2.86. The van der Waals surface area contributed by atoms with Gasteiger partial charge in [0.2, 0.25) is 0 Å². The van der Waals surface area contributed by atoms with Gasteiger partial charge in [0.05, 0.1) is 11.4 Å². The van der Waals surface area contributed by atoms with Crippen molar-refractivity contribution in [3.8, 4) is 16.9 Å². The van der Waals surface area contributed by atoms with Gasteiger partial charge in [0, 0.05) is 21.9 Å². The number of benzene rings is 2. The van der Waals surface area contributed by atoms with E-state index in [-0.39, 0.29) is 11.3 Å². The number of nitrogens with zero attached hydrogens (tertiary/aromatic N) is 1. The molecule has 0 aliphatic heterocycles. The second-order valence-electron chi connectivity index (χ2n) is 5.27. The zero-order chi connectivity index (χ0) is 18.4. The van der Waals surface area contributed by atoms with Gasteiger partial charge < -0.3 is 4.42 Å². The number of oxazole rings is 1. The fraction of sp³-hybridized carbons (Fsp3) is 0.0625. The van der Waals surface area contributed by atoms with Crippen LogP contribution in [-0.4, -0.2) is 19.2 Å². The van der Waals surface area contributed by atoms with Crippen molar-refractivity contribution in [2.75, 3.05) is 6.26 Å². The molecule has 3 rings (SSSR count). The third kappa shape index (κ3) is 3.49. The molecule has 0 amide bonds. The minimum Gasteiger partial charge on any atom is -0.415 e. The minimum atomic E-state index is -3.70.